The molecular weight excluding hydrogens is 175 g/mol. The zero-order chi connectivity index (χ0) is 9.95. The summed E-state index contributed by atoms with van der Waals surface area (Å²) in [5.41, 5.74) is -1.76. The van der Waals surface area contributed by atoms with Gasteiger partial charge in [-0.15, -0.1) is 0 Å². The molecule has 0 bridgehead atoms. The third-order valence-corrected chi connectivity index (χ3v) is 2.92. The van der Waals surface area contributed by atoms with Crippen molar-refractivity contribution in [1.82, 2.24) is 0 Å². The summed E-state index contributed by atoms with van der Waals surface area (Å²) in [5, 5.41) is 9.01. The van der Waals surface area contributed by atoms with Crippen LogP contribution < -0.4 is 0 Å². The Morgan fingerprint density at radius 3 is 2.15 bits per heavy atom. The number of hydrogen-bond acceptors (Lipinski definition) is 3. The summed E-state index contributed by atoms with van der Waals surface area (Å²) in [5.74, 6) is -1.25. The van der Waals surface area contributed by atoms with Crippen molar-refractivity contribution in [2.45, 2.75) is 37.1 Å². The van der Waals surface area contributed by atoms with Crippen LogP contribution in [0.25, 0.3) is 0 Å². The normalized spacial score (nSPS) is 33.2. The maximum absolute atomic E-state index is 14.1. The Balaban J connectivity index is 2.87. The van der Waals surface area contributed by atoms with Crippen LogP contribution in [0.3, 0.4) is 0 Å². The number of alkyl halides is 1. The SMILES string of the molecule is COC1(OC)CCCCC1(F)CO. The Kier molecular flexibility index (Phi) is 3.27. The second kappa shape index (κ2) is 3.90. The molecule has 0 aromatic rings. The van der Waals surface area contributed by atoms with Crippen LogP contribution in [-0.2, 0) is 9.47 Å². The fraction of sp³-hybridized carbons (Fsp3) is 1.00. The molecule has 3 nitrogen and oxygen atoms in total. The molecule has 1 fully saturated rings. The fourth-order valence-electron chi connectivity index (χ4n) is 2.03. The zero-order valence-corrected chi connectivity index (χ0v) is 8.18. The number of methoxy groups -OCH3 is 2. The minimum Gasteiger partial charge on any atom is -0.393 e. The van der Waals surface area contributed by atoms with Gasteiger partial charge in [0.15, 0.2) is 5.67 Å². The van der Waals surface area contributed by atoms with Crippen molar-refractivity contribution in [2.24, 2.45) is 0 Å². The maximum atomic E-state index is 14.1. The molecule has 0 amide bonds. The molecule has 0 aliphatic heterocycles. The van der Waals surface area contributed by atoms with Crippen LogP contribution in [0.5, 0.6) is 0 Å². The Morgan fingerprint density at radius 1 is 1.23 bits per heavy atom. The molecule has 4 heteroatoms. The number of rotatable bonds is 3. The van der Waals surface area contributed by atoms with Gasteiger partial charge in [0.1, 0.15) is 0 Å². The molecule has 13 heavy (non-hydrogen) atoms. The fourth-order valence-corrected chi connectivity index (χ4v) is 2.03. The smallest absolute Gasteiger partial charge is 0.204 e. The Bertz CT molecular complexity index is 170. The van der Waals surface area contributed by atoms with Gasteiger partial charge in [-0.3, -0.25) is 0 Å². The number of aliphatic hydroxyl groups is 1. The molecule has 1 atom stereocenters. The van der Waals surface area contributed by atoms with Crippen molar-refractivity contribution in [2.75, 3.05) is 20.8 Å². The summed E-state index contributed by atoms with van der Waals surface area (Å²) >= 11 is 0. The number of aliphatic hydroxyl groups excluding tert-OH is 1. The summed E-state index contributed by atoms with van der Waals surface area (Å²) < 4.78 is 24.3. The summed E-state index contributed by atoms with van der Waals surface area (Å²) in [6.07, 6.45) is 2.43. The quantitative estimate of drug-likeness (QED) is 0.684. The van der Waals surface area contributed by atoms with Crippen molar-refractivity contribution < 1.29 is 19.0 Å². The van der Waals surface area contributed by atoms with E-state index in [9.17, 15) is 4.39 Å². The van der Waals surface area contributed by atoms with Gasteiger partial charge >= 0.3 is 0 Å². The van der Waals surface area contributed by atoms with Gasteiger partial charge in [-0.2, -0.15) is 0 Å². The molecule has 1 saturated carbocycles. The van der Waals surface area contributed by atoms with Gasteiger partial charge in [0.05, 0.1) is 6.61 Å². The highest BCUT2D eigenvalue weighted by Gasteiger charge is 2.54. The van der Waals surface area contributed by atoms with Crippen molar-refractivity contribution in [1.29, 1.82) is 0 Å². The number of hydrogen-bond donors (Lipinski definition) is 1. The van der Waals surface area contributed by atoms with Crippen molar-refractivity contribution >= 4 is 0 Å². The number of ether oxygens (including phenoxy) is 2. The Hall–Kier alpha value is -0.190. The van der Waals surface area contributed by atoms with Gasteiger partial charge < -0.3 is 14.6 Å². The van der Waals surface area contributed by atoms with E-state index in [0.29, 0.717) is 12.8 Å². The van der Waals surface area contributed by atoms with Crippen LogP contribution in [0.1, 0.15) is 25.7 Å². The van der Waals surface area contributed by atoms with Crippen LogP contribution in [0, 0.1) is 0 Å². The average Bonchev–Trinajstić information content (AvgIpc) is 2.19. The van der Waals surface area contributed by atoms with E-state index >= 15 is 0 Å². The summed E-state index contributed by atoms with van der Waals surface area (Å²) in [7, 11) is 2.83. The van der Waals surface area contributed by atoms with Gasteiger partial charge in [0, 0.05) is 20.6 Å². The van der Waals surface area contributed by atoms with Crippen LogP contribution >= 0.6 is 0 Å². The Morgan fingerprint density at radius 2 is 1.77 bits per heavy atom. The first-order chi connectivity index (χ1) is 6.14. The van der Waals surface area contributed by atoms with Crippen molar-refractivity contribution in [3.63, 3.8) is 0 Å². The standard InChI is InChI=1S/C9H17FO3/c1-12-9(13-2)6-4-3-5-8(9,10)7-11/h11H,3-7H2,1-2H3. The molecule has 0 spiro atoms. The third-order valence-electron chi connectivity index (χ3n) is 2.92. The summed E-state index contributed by atoms with van der Waals surface area (Å²) in [6.45, 7) is -0.547. The minimum absolute atomic E-state index is 0.297. The minimum atomic E-state index is -1.76. The predicted molar refractivity (Wildman–Crippen MR) is 46.1 cm³/mol. The molecule has 0 radical (unpaired) electrons. The van der Waals surface area contributed by atoms with Crippen LogP contribution in [0.4, 0.5) is 4.39 Å². The van der Waals surface area contributed by atoms with Crippen molar-refractivity contribution in [3.8, 4) is 0 Å². The van der Waals surface area contributed by atoms with Gasteiger partial charge in [0.25, 0.3) is 0 Å². The lowest BCUT2D eigenvalue weighted by molar-refractivity contribution is -0.301. The van der Waals surface area contributed by atoms with Gasteiger partial charge in [-0.1, -0.05) is 0 Å². The highest BCUT2D eigenvalue weighted by atomic mass is 19.1. The van der Waals surface area contributed by atoms with E-state index in [4.69, 9.17) is 14.6 Å². The maximum Gasteiger partial charge on any atom is 0.204 e. The van der Waals surface area contributed by atoms with E-state index in [1.165, 1.54) is 14.2 Å². The lowest BCUT2D eigenvalue weighted by Crippen LogP contribution is -2.58. The van der Waals surface area contributed by atoms with E-state index in [-0.39, 0.29) is 0 Å². The zero-order valence-electron chi connectivity index (χ0n) is 8.18. The first kappa shape index (κ1) is 10.9. The van der Waals surface area contributed by atoms with Gasteiger partial charge in [0.2, 0.25) is 5.79 Å². The highest BCUT2D eigenvalue weighted by Crippen LogP contribution is 2.42. The molecule has 1 aliphatic rings. The molecule has 1 unspecified atom stereocenters. The molecule has 1 aliphatic carbocycles. The van der Waals surface area contributed by atoms with Gasteiger partial charge in [-0.05, 0) is 19.3 Å². The van der Waals surface area contributed by atoms with E-state index in [2.05, 4.69) is 0 Å². The topological polar surface area (TPSA) is 38.7 Å². The highest BCUT2D eigenvalue weighted by molar-refractivity contribution is 4.97. The van der Waals surface area contributed by atoms with E-state index < -0.39 is 18.1 Å². The molecule has 1 rings (SSSR count). The Labute approximate surface area is 77.8 Å². The van der Waals surface area contributed by atoms with E-state index in [0.717, 1.165) is 12.8 Å². The second-order valence-electron chi connectivity index (χ2n) is 3.49. The second-order valence-corrected chi connectivity index (χ2v) is 3.49. The molecule has 1 N–H and O–H groups in total. The lowest BCUT2D eigenvalue weighted by atomic mass is 9.81. The molecule has 0 heterocycles. The van der Waals surface area contributed by atoms with Crippen LogP contribution in [-0.4, -0.2) is 37.4 Å². The number of halogens is 1. The lowest BCUT2D eigenvalue weighted by Gasteiger charge is -2.45. The van der Waals surface area contributed by atoms with E-state index in [1.54, 1.807) is 0 Å². The molecule has 0 aromatic carbocycles. The van der Waals surface area contributed by atoms with Crippen LogP contribution in [0.15, 0.2) is 0 Å². The first-order valence-electron chi connectivity index (χ1n) is 4.54. The summed E-state index contributed by atoms with van der Waals surface area (Å²) in [4.78, 5) is 0. The summed E-state index contributed by atoms with van der Waals surface area (Å²) in [6, 6.07) is 0. The first-order valence-corrected chi connectivity index (χ1v) is 4.54. The van der Waals surface area contributed by atoms with Crippen molar-refractivity contribution in [3.05, 3.63) is 0 Å². The average molecular weight is 192 g/mol. The third kappa shape index (κ3) is 1.58. The van der Waals surface area contributed by atoms with Crippen LogP contribution in [0.2, 0.25) is 0 Å². The molecule has 0 aromatic heterocycles. The largest absolute Gasteiger partial charge is 0.393 e. The molecule has 0 saturated heterocycles. The molecular formula is C9H17FO3. The predicted octanol–water partition coefficient (Wildman–Crippen LogP) is 1.25. The van der Waals surface area contributed by atoms with Gasteiger partial charge in [-0.25, -0.2) is 4.39 Å². The molecule has 78 valence electrons. The van der Waals surface area contributed by atoms with E-state index in [1.807, 2.05) is 0 Å². The monoisotopic (exact) mass is 192 g/mol.